The topological polar surface area (TPSA) is 84.0 Å². The van der Waals surface area contributed by atoms with Crippen LogP contribution in [0.4, 0.5) is 11.8 Å². The molecule has 148 valence electrons. The van der Waals surface area contributed by atoms with E-state index in [1.165, 1.54) is 6.92 Å². The van der Waals surface area contributed by atoms with Gasteiger partial charge in [0.15, 0.2) is 0 Å². The fourth-order valence-electron chi connectivity index (χ4n) is 2.63. The second kappa shape index (κ2) is 9.99. The number of nitrogens with zero attached hydrogens (tertiary/aromatic N) is 2. The smallest absolute Gasteiger partial charge is 0.231 e. The zero-order chi connectivity index (χ0) is 20.7. The van der Waals surface area contributed by atoms with Crippen molar-refractivity contribution in [2.24, 2.45) is 0 Å². The van der Waals surface area contributed by atoms with Crippen molar-refractivity contribution >= 4 is 41.3 Å². The molecule has 1 heterocycles. The van der Waals surface area contributed by atoms with Gasteiger partial charge in [0, 0.05) is 23.9 Å². The van der Waals surface area contributed by atoms with Gasteiger partial charge in [-0.05, 0) is 37.0 Å². The fraction of sp³-hybridized carbons (Fsp3) is 0.333. The first kappa shape index (κ1) is 21.6. The van der Waals surface area contributed by atoms with E-state index in [9.17, 15) is 9.59 Å². The molecule has 2 aromatic rings. The van der Waals surface area contributed by atoms with Gasteiger partial charge in [-0.25, -0.2) is 4.98 Å². The Hall–Kier alpha value is -2.73. The number of aryl methyl sites for hydroxylation is 1. The Labute approximate surface area is 170 Å². The van der Waals surface area contributed by atoms with Crippen molar-refractivity contribution < 1.29 is 9.59 Å². The molecule has 0 aliphatic heterocycles. The first-order valence-corrected chi connectivity index (χ1v) is 9.57. The Morgan fingerprint density at radius 3 is 2.46 bits per heavy atom. The van der Waals surface area contributed by atoms with Crippen LogP contribution in [0, 0.1) is 6.92 Å². The lowest BCUT2D eigenvalue weighted by molar-refractivity contribution is -0.116. The number of benzene rings is 1. The Morgan fingerprint density at radius 2 is 1.86 bits per heavy atom. The molecule has 0 aliphatic rings. The molecule has 0 radical (unpaired) electrons. The van der Waals surface area contributed by atoms with Gasteiger partial charge in [-0.3, -0.25) is 14.9 Å². The van der Waals surface area contributed by atoms with E-state index in [2.05, 4.69) is 27.5 Å². The number of hydrogen-bond donors (Lipinski definition) is 2. The summed E-state index contributed by atoms with van der Waals surface area (Å²) in [6.07, 6.45) is 5.01. The largest absolute Gasteiger partial charge is 0.310 e. The minimum Gasteiger partial charge on any atom is -0.310 e. The van der Waals surface area contributed by atoms with Gasteiger partial charge in [0.05, 0.1) is 5.69 Å². The summed E-state index contributed by atoms with van der Waals surface area (Å²) >= 11 is 5.95. The van der Waals surface area contributed by atoms with Crippen molar-refractivity contribution in [2.45, 2.75) is 46.5 Å². The molecule has 1 aromatic carbocycles. The number of allylic oxidation sites excluding steroid dienone is 1. The number of carbonyl (C=O) groups is 2. The lowest BCUT2D eigenvalue weighted by Crippen LogP contribution is -2.17. The van der Waals surface area contributed by atoms with Crippen molar-refractivity contribution in [3.05, 3.63) is 52.2 Å². The lowest BCUT2D eigenvalue weighted by atomic mass is 10.00. The summed E-state index contributed by atoms with van der Waals surface area (Å²) < 4.78 is 0. The second-order valence-corrected chi connectivity index (χ2v) is 7.01. The third-order valence-corrected chi connectivity index (χ3v) is 4.36. The van der Waals surface area contributed by atoms with Crippen molar-refractivity contribution in [3.63, 3.8) is 0 Å². The van der Waals surface area contributed by atoms with Gasteiger partial charge in [-0.1, -0.05) is 49.7 Å². The van der Waals surface area contributed by atoms with Gasteiger partial charge < -0.3 is 5.32 Å². The van der Waals surface area contributed by atoms with E-state index in [1.54, 1.807) is 0 Å². The highest BCUT2D eigenvalue weighted by molar-refractivity contribution is 6.30. The van der Waals surface area contributed by atoms with Crippen molar-refractivity contribution in [2.75, 3.05) is 10.6 Å². The van der Waals surface area contributed by atoms with E-state index >= 15 is 0 Å². The molecule has 1 unspecified atom stereocenters. The van der Waals surface area contributed by atoms with Crippen LogP contribution >= 0.6 is 11.6 Å². The van der Waals surface area contributed by atoms with Crippen LogP contribution < -0.4 is 10.6 Å². The zero-order valence-corrected chi connectivity index (χ0v) is 17.3. The van der Waals surface area contributed by atoms with Crippen LogP contribution in [0.5, 0.6) is 0 Å². The number of anilines is 2. The number of rotatable bonds is 7. The molecule has 2 amide bonds. The van der Waals surface area contributed by atoms with E-state index in [0.717, 1.165) is 12.0 Å². The summed E-state index contributed by atoms with van der Waals surface area (Å²) in [6, 6.07) is 7.65. The molecule has 1 atom stereocenters. The highest BCUT2D eigenvalue weighted by Crippen LogP contribution is 2.24. The van der Waals surface area contributed by atoms with Crippen LogP contribution in [0.25, 0.3) is 6.08 Å². The molecule has 1 aromatic heterocycles. The van der Waals surface area contributed by atoms with Gasteiger partial charge in [0.1, 0.15) is 5.82 Å². The summed E-state index contributed by atoms with van der Waals surface area (Å²) in [4.78, 5) is 32.1. The number of halogens is 1. The predicted molar refractivity (Wildman–Crippen MR) is 114 cm³/mol. The van der Waals surface area contributed by atoms with Gasteiger partial charge >= 0.3 is 0 Å². The average molecular weight is 401 g/mol. The molecule has 0 spiro atoms. The molecule has 0 aliphatic carbocycles. The van der Waals surface area contributed by atoms with Gasteiger partial charge in [-0.2, -0.15) is 4.98 Å². The maximum Gasteiger partial charge on any atom is 0.231 e. The number of hydrogen-bond acceptors (Lipinski definition) is 4. The summed E-state index contributed by atoms with van der Waals surface area (Å²) in [5.41, 5.74) is 2.47. The van der Waals surface area contributed by atoms with Crippen LogP contribution in [0.2, 0.25) is 5.02 Å². The molecule has 2 N–H and O–H groups in total. The number of carbonyl (C=O) groups excluding carboxylic acids is 2. The molecule has 6 nitrogen and oxygen atoms in total. The molecule has 7 heteroatoms. The quantitative estimate of drug-likeness (QED) is 0.688. The third-order valence-electron chi connectivity index (χ3n) is 4.11. The number of amides is 2. The Kier molecular flexibility index (Phi) is 7.70. The third kappa shape index (κ3) is 6.16. The summed E-state index contributed by atoms with van der Waals surface area (Å²) in [5, 5.41) is 6.08. The predicted octanol–water partition coefficient (Wildman–Crippen LogP) is 4.95. The van der Waals surface area contributed by atoms with E-state index in [4.69, 9.17) is 11.6 Å². The van der Waals surface area contributed by atoms with E-state index in [0.29, 0.717) is 28.5 Å². The SMILES string of the molecule is CCCC(=O)Nc1nc(C)c(C=CC(C)c2ccc(Cl)cc2)c(NC(C)=O)n1. The monoisotopic (exact) mass is 400 g/mol. The highest BCUT2D eigenvalue weighted by atomic mass is 35.5. The average Bonchev–Trinajstić information content (AvgIpc) is 2.61. The molecule has 0 saturated heterocycles. The molecule has 0 saturated carbocycles. The maximum atomic E-state index is 11.8. The van der Waals surface area contributed by atoms with E-state index in [-0.39, 0.29) is 23.7 Å². The number of nitrogens with one attached hydrogen (secondary N) is 2. The van der Waals surface area contributed by atoms with Crippen molar-refractivity contribution in [1.29, 1.82) is 0 Å². The summed E-state index contributed by atoms with van der Waals surface area (Å²) in [7, 11) is 0. The van der Waals surface area contributed by atoms with Crippen molar-refractivity contribution in [3.8, 4) is 0 Å². The first-order valence-electron chi connectivity index (χ1n) is 9.20. The highest BCUT2D eigenvalue weighted by Gasteiger charge is 2.13. The molecule has 28 heavy (non-hydrogen) atoms. The van der Waals surface area contributed by atoms with Crippen molar-refractivity contribution in [1.82, 2.24) is 9.97 Å². The molecule has 2 rings (SSSR count). The van der Waals surface area contributed by atoms with Crippen LogP contribution in [-0.4, -0.2) is 21.8 Å². The number of aromatic nitrogens is 2. The van der Waals surface area contributed by atoms with Crippen LogP contribution in [-0.2, 0) is 9.59 Å². The zero-order valence-electron chi connectivity index (χ0n) is 16.5. The van der Waals surface area contributed by atoms with Crippen LogP contribution in [0.1, 0.15) is 56.4 Å². The normalized spacial score (nSPS) is 12.0. The fourth-order valence-corrected chi connectivity index (χ4v) is 2.76. The van der Waals surface area contributed by atoms with Crippen LogP contribution in [0.3, 0.4) is 0 Å². The van der Waals surface area contributed by atoms with Crippen LogP contribution in [0.15, 0.2) is 30.3 Å². The molecular weight excluding hydrogens is 376 g/mol. The summed E-state index contributed by atoms with van der Waals surface area (Å²) in [6.45, 7) is 7.21. The Morgan fingerprint density at radius 1 is 1.18 bits per heavy atom. The first-order chi connectivity index (χ1) is 13.3. The molecule has 0 bridgehead atoms. The molecule has 0 fully saturated rings. The standard InChI is InChI=1S/C21H25ClN4O2/c1-5-6-19(28)25-21-23-14(3)18(20(26-21)24-15(4)27)12-7-13(2)16-8-10-17(22)11-9-16/h7-13H,5-6H2,1-4H3,(H2,23,24,25,26,27,28). The van der Waals surface area contributed by atoms with E-state index in [1.807, 2.05) is 50.3 Å². The lowest BCUT2D eigenvalue weighted by Gasteiger charge is -2.12. The maximum absolute atomic E-state index is 11.8. The Bertz CT molecular complexity index is 879. The summed E-state index contributed by atoms with van der Waals surface area (Å²) in [5.74, 6) is 0.277. The van der Waals surface area contributed by atoms with E-state index < -0.39 is 0 Å². The van der Waals surface area contributed by atoms with Gasteiger partial charge in [-0.15, -0.1) is 0 Å². The van der Waals surface area contributed by atoms with Gasteiger partial charge in [0.2, 0.25) is 17.8 Å². The van der Waals surface area contributed by atoms with Gasteiger partial charge in [0.25, 0.3) is 0 Å². The second-order valence-electron chi connectivity index (χ2n) is 6.57. The minimum absolute atomic E-state index is 0.130. The molecular formula is C21H25ClN4O2. The Balaban J connectivity index is 2.31. The minimum atomic E-state index is -0.246.